The van der Waals surface area contributed by atoms with Gasteiger partial charge in [-0.2, -0.15) is 0 Å². The third-order valence-corrected chi connectivity index (χ3v) is 11.7. The number of benzene rings is 5. The Morgan fingerprint density at radius 1 is 0.500 bits per heavy atom. The molecule has 224 valence electrons. The van der Waals surface area contributed by atoms with E-state index in [1.165, 1.54) is 0 Å². The van der Waals surface area contributed by atoms with Gasteiger partial charge in [-0.05, 0) is 60.7 Å². The first kappa shape index (κ1) is 26.1. The largest absolute Gasteiger partial charge is 0.456 e. The normalized spacial score (nSPS) is 14.0. The van der Waals surface area contributed by atoms with Gasteiger partial charge in [0.15, 0.2) is 11.5 Å². The molecule has 7 aromatic rings. The summed E-state index contributed by atoms with van der Waals surface area (Å²) in [5.41, 5.74) is 5.97. The van der Waals surface area contributed by atoms with Crippen LogP contribution < -0.4 is 30.1 Å². The second-order valence-electron chi connectivity index (χ2n) is 12.7. The van der Waals surface area contributed by atoms with E-state index in [0.717, 1.165) is 95.5 Å². The minimum absolute atomic E-state index is 0.207. The van der Waals surface area contributed by atoms with Crippen molar-refractivity contribution in [3.05, 3.63) is 103 Å². The standard InChI is InChI=1S/C38H29N4O3P/c1-20(2)37-39-22-10-5-7-12-24(22)41(37)26-16-18-30-35-32(26)44-28-14-9-15-29-34(28)46(35)36-31(43-30)19-17-27(33(36)45-29)42-25-13-8-6-11-23(25)40-38(42)21(3)4/h5-21H,1-4H3. The minimum atomic E-state index is -1.07. The summed E-state index contributed by atoms with van der Waals surface area (Å²) in [6.45, 7) is 8.74. The molecule has 0 bridgehead atoms. The number of fused-ring (bicyclic) bond motifs is 2. The van der Waals surface area contributed by atoms with E-state index in [0.29, 0.717) is 0 Å². The summed E-state index contributed by atoms with van der Waals surface area (Å²) in [6.07, 6.45) is 0. The van der Waals surface area contributed by atoms with Gasteiger partial charge in [0, 0.05) is 19.8 Å². The van der Waals surface area contributed by atoms with E-state index in [2.05, 4.69) is 110 Å². The van der Waals surface area contributed by atoms with Crippen LogP contribution in [0.5, 0.6) is 34.5 Å². The second kappa shape index (κ2) is 9.21. The van der Waals surface area contributed by atoms with Gasteiger partial charge in [-0.15, -0.1) is 0 Å². The Morgan fingerprint density at radius 3 is 1.43 bits per heavy atom. The Bertz CT molecular complexity index is 2280. The fourth-order valence-corrected chi connectivity index (χ4v) is 9.92. The van der Waals surface area contributed by atoms with Gasteiger partial charge in [0.25, 0.3) is 0 Å². The summed E-state index contributed by atoms with van der Waals surface area (Å²) >= 11 is 0. The lowest BCUT2D eigenvalue weighted by Crippen LogP contribution is -2.36. The molecule has 3 aliphatic heterocycles. The number of rotatable bonds is 4. The Morgan fingerprint density at radius 2 is 0.957 bits per heavy atom. The molecule has 5 heterocycles. The van der Waals surface area contributed by atoms with E-state index in [1.54, 1.807) is 0 Å². The maximum atomic E-state index is 6.89. The van der Waals surface area contributed by atoms with Gasteiger partial charge in [0.1, 0.15) is 34.6 Å². The predicted molar refractivity (Wildman–Crippen MR) is 183 cm³/mol. The van der Waals surface area contributed by atoms with E-state index in [1.807, 2.05) is 18.2 Å². The number of aromatic nitrogens is 4. The molecular formula is C38H29N4O3P. The van der Waals surface area contributed by atoms with Crippen molar-refractivity contribution in [3.8, 4) is 45.9 Å². The Labute approximate surface area is 266 Å². The SMILES string of the molecule is CC(C)c1nc2ccccc2n1-c1ccc2c3c1Oc1cccc4c1P3c1c(ccc(-n3c(C(C)C)nc5ccccc53)c1O4)O2. The predicted octanol–water partition coefficient (Wildman–Crippen LogP) is 8.69. The Kier molecular flexibility index (Phi) is 5.23. The maximum absolute atomic E-state index is 6.89. The Hall–Kier alpha value is -5.13. The van der Waals surface area contributed by atoms with Crippen molar-refractivity contribution in [2.24, 2.45) is 0 Å². The highest BCUT2D eigenvalue weighted by atomic mass is 31.1. The van der Waals surface area contributed by atoms with Gasteiger partial charge in [0.2, 0.25) is 0 Å². The lowest BCUT2D eigenvalue weighted by Gasteiger charge is -2.40. The van der Waals surface area contributed by atoms with Crippen molar-refractivity contribution in [1.82, 2.24) is 19.1 Å². The summed E-state index contributed by atoms with van der Waals surface area (Å²) in [5, 5.41) is 3.25. The van der Waals surface area contributed by atoms with Crippen molar-refractivity contribution in [3.63, 3.8) is 0 Å². The van der Waals surface area contributed by atoms with Gasteiger partial charge >= 0.3 is 0 Å². The first-order chi connectivity index (χ1) is 22.5. The van der Waals surface area contributed by atoms with Crippen LogP contribution in [0.25, 0.3) is 33.4 Å². The average molecular weight is 621 g/mol. The van der Waals surface area contributed by atoms with E-state index in [-0.39, 0.29) is 11.8 Å². The zero-order chi connectivity index (χ0) is 30.8. The fourth-order valence-electron chi connectivity index (χ4n) is 7.16. The average Bonchev–Trinajstić information content (AvgIpc) is 3.65. The summed E-state index contributed by atoms with van der Waals surface area (Å²) in [5.74, 6) is 7.33. The highest BCUT2D eigenvalue weighted by molar-refractivity contribution is 7.81. The summed E-state index contributed by atoms with van der Waals surface area (Å²) in [4.78, 5) is 10.1. The molecule has 0 unspecified atom stereocenters. The number of ether oxygens (including phenoxy) is 3. The fraction of sp³-hybridized carbons (Fsp3) is 0.158. The second-order valence-corrected chi connectivity index (χ2v) is 14.7. The molecule has 0 aliphatic carbocycles. The molecule has 0 fully saturated rings. The lowest BCUT2D eigenvalue weighted by atomic mass is 10.1. The number of hydrogen-bond acceptors (Lipinski definition) is 5. The molecular weight excluding hydrogens is 591 g/mol. The number of para-hydroxylation sites is 4. The van der Waals surface area contributed by atoms with Crippen LogP contribution >= 0.6 is 7.92 Å². The molecule has 0 radical (unpaired) electrons. The molecule has 0 atom stereocenters. The molecule has 0 amide bonds. The quantitative estimate of drug-likeness (QED) is 0.184. The van der Waals surface area contributed by atoms with Crippen molar-refractivity contribution >= 4 is 45.9 Å². The smallest absolute Gasteiger partial charge is 0.163 e. The third-order valence-electron chi connectivity index (χ3n) is 9.11. The summed E-state index contributed by atoms with van der Waals surface area (Å²) in [6, 6.07) is 31.2. The minimum Gasteiger partial charge on any atom is -0.456 e. The molecule has 10 rings (SSSR count). The molecule has 0 spiro atoms. The number of hydrogen-bond donors (Lipinski definition) is 0. The highest BCUT2D eigenvalue weighted by Crippen LogP contribution is 2.60. The van der Waals surface area contributed by atoms with Crippen molar-refractivity contribution in [2.75, 3.05) is 0 Å². The zero-order valence-electron chi connectivity index (χ0n) is 25.8. The number of nitrogens with zero attached hydrogens (tertiary/aromatic N) is 4. The maximum Gasteiger partial charge on any atom is 0.163 e. The van der Waals surface area contributed by atoms with Crippen LogP contribution in [0.15, 0.2) is 91.0 Å². The number of imidazole rings is 2. The molecule has 0 saturated heterocycles. The molecule has 8 heteroatoms. The van der Waals surface area contributed by atoms with Gasteiger partial charge in [-0.25, -0.2) is 9.97 Å². The molecule has 0 saturated carbocycles. The molecule has 5 aromatic carbocycles. The summed E-state index contributed by atoms with van der Waals surface area (Å²) < 4.78 is 25.0. The van der Waals surface area contributed by atoms with E-state index >= 15 is 0 Å². The van der Waals surface area contributed by atoms with Crippen molar-refractivity contribution in [2.45, 2.75) is 39.5 Å². The lowest BCUT2D eigenvalue weighted by molar-refractivity contribution is 0.443. The topological polar surface area (TPSA) is 63.3 Å². The Balaban J connectivity index is 1.27. The molecule has 0 N–H and O–H groups in total. The molecule has 7 nitrogen and oxygen atoms in total. The highest BCUT2D eigenvalue weighted by Gasteiger charge is 2.46. The molecule has 3 aliphatic rings. The van der Waals surface area contributed by atoms with Crippen LogP contribution in [-0.2, 0) is 0 Å². The molecule has 46 heavy (non-hydrogen) atoms. The van der Waals surface area contributed by atoms with E-state index in [9.17, 15) is 0 Å². The van der Waals surface area contributed by atoms with Crippen LogP contribution in [0.2, 0.25) is 0 Å². The monoisotopic (exact) mass is 620 g/mol. The first-order valence-corrected chi connectivity index (χ1v) is 17.1. The van der Waals surface area contributed by atoms with E-state index in [4.69, 9.17) is 24.2 Å². The first-order valence-electron chi connectivity index (χ1n) is 15.7. The van der Waals surface area contributed by atoms with Gasteiger partial charge < -0.3 is 14.2 Å². The third kappa shape index (κ3) is 3.36. The van der Waals surface area contributed by atoms with Crippen molar-refractivity contribution < 1.29 is 14.2 Å². The molecule has 2 aromatic heterocycles. The summed E-state index contributed by atoms with van der Waals surface area (Å²) in [7, 11) is -1.07. The van der Waals surface area contributed by atoms with Gasteiger partial charge in [-0.1, -0.05) is 58.0 Å². The van der Waals surface area contributed by atoms with Crippen LogP contribution in [0.4, 0.5) is 0 Å². The van der Waals surface area contributed by atoms with Crippen LogP contribution in [0, 0.1) is 0 Å². The van der Waals surface area contributed by atoms with Gasteiger partial charge in [0.05, 0.1) is 49.4 Å². The van der Waals surface area contributed by atoms with Crippen LogP contribution in [0.1, 0.15) is 51.2 Å². The zero-order valence-corrected chi connectivity index (χ0v) is 26.7. The van der Waals surface area contributed by atoms with Gasteiger partial charge in [-0.3, -0.25) is 9.13 Å². The van der Waals surface area contributed by atoms with Crippen molar-refractivity contribution in [1.29, 1.82) is 0 Å². The van der Waals surface area contributed by atoms with Crippen LogP contribution in [0.3, 0.4) is 0 Å². The van der Waals surface area contributed by atoms with Crippen LogP contribution in [-0.4, -0.2) is 19.1 Å². The van der Waals surface area contributed by atoms with E-state index < -0.39 is 7.92 Å².